The summed E-state index contributed by atoms with van der Waals surface area (Å²) in [7, 11) is 1.08. The summed E-state index contributed by atoms with van der Waals surface area (Å²) in [5.74, 6) is 0. The zero-order valence-corrected chi connectivity index (χ0v) is 22.4. The molecule has 0 aromatic heterocycles. The summed E-state index contributed by atoms with van der Waals surface area (Å²) in [6, 6.07) is 23.7. The van der Waals surface area contributed by atoms with Crippen LogP contribution in [0.4, 0.5) is 0 Å². The van der Waals surface area contributed by atoms with E-state index < -0.39 is 18.5 Å². The normalized spacial score (nSPS) is 16.5. The first-order valence-electron chi connectivity index (χ1n) is 12.4. The summed E-state index contributed by atoms with van der Waals surface area (Å²) < 4.78 is 20.6. The fraction of sp³-hybridized carbons (Fsp3) is 0.538. The molecule has 1 aliphatic rings. The number of hydrogen-bond acceptors (Lipinski definition) is 4. The molecule has 1 saturated heterocycles. The summed E-state index contributed by atoms with van der Waals surface area (Å²) >= 11 is 0. The molecular formula is C26H41NO3Si2. The maximum Gasteiger partial charge on any atom is 0.427 e. The summed E-state index contributed by atoms with van der Waals surface area (Å²) in [6.45, 7) is 2.28. The summed E-state index contributed by atoms with van der Waals surface area (Å²) in [5, 5.41) is 0. The highest BCUT2D eigenvalue weighted by Gasteiger charge is 2.46. The smallest absolute Gasteiger partial charge is 0.413 e. The van der Waals surface area contributed by atoms with E-state index in [0.717, 1.165) is 19.1 Å². The van der Waals surface area contributed by atoms with Crippen molar-refractivity contribution in [3.05, 3.63) is 71.8 Å². The van der Waals surface area contributed by atoms with E-state index >= 15 is 0 Å². The number of benzene rings is 2. The van der Waals surface area contributed by atoms with Crippen LogP contribution in [0, 0.1) is 0 Å². The molecule has 0 radical (unpaired) electrons. The molecule has 0 N–H and O–H groups in total. The second-order valence-corrected chi connectivity index (χ2v) is 13.6. The Morgan fingerprint density at radius 2 is 1.38 bits per heavy atom. The predicted octanol–water partition coefficient (Wildman–Crippen LogP) is 5.57. The van der Waals surface area contributed by atoms with Crippen molar-refractivity contribution in [2.75, 3.05) is 27.3 Å². The first-order valence-corrected chi connectivity index (χ1v) is 15.9. The maximum absolute atomic E-state index is 6.47. The standard InChI is InChI=1S/C26H41NO3Si2/c1-28-32(29-2)23-15-21-27(32)20-13-5-3-4-6-14-22-31-30-26(24-16-9-7-10-17-24)25-18-11-8-12-19-25/h7-12,16-19,26H,3-6,13-15,20-23,31H2,1-2H3. The lowest BCUT2D eigenvalue weighted by Crippen LogP contribution is -2.53. The Hall–Kier alpha value is -1.29. The monoisotopic (exact) mass is 471 g/mol. The minimum atomic E-state index is -2.03. The van der Waals surface area contributed by atoms with E-state index in [1.165, 1.54) is 62.1 Å². The van der Waals surface area contributed by atoms with Crippen LogP contribution in [0.3, 0.4) is 0 Å². The quantitative estimate of drug-likeness (QED) is 0.251. The number of nitrogens with zero attached hydrogens (tertiary/aromatic N) is 1. The molecule has 2 aromatic rings. The zero-order chi connectivity index (χ0) is 22.5. The van der Waals surface area contributed by atoms with Gasteiger partial charge in [0.1, 0.15) is 0 Å². The van der Waals surface area contributed by atoms with Crippen LogP contribution in [-0.4, -0.2) is 50.4 Å². The first kappa shape index (κ1) is 25.3. The Morgan fingerprint density at radius 1 is 0.812 bits per heavy atom. The van der Waals surface area contributed by atoms with Gasteiger partial charge >= 0.3 is 8.72 Å². The van der Waals surface area contributed by atoms with Gasteiger partial charge < -0.3 is 13.3 Å². The second-order valence-electron chi connectivity index (χ2n) is 8.76. The van der Waals surface area contributed by atoms with Crippen LogP contribution in [0.5, 0.6) is 0 Å². The highest BCUT2D eigenvalue weighted by atomic mass is 28.4. The molecule has 6 heteroatoms. The number of hydrogen-bond donors (Lipinski definition) is 0. The Kier molecular flexibility index (Phi) is 11.1. The average molecular weight is 472 g/mol. The lowest BCUT2D eigenvalue weighted by atomic mass is 10.0. The fourth-order valence-corrected chi connectivity index (χ4v) is 9.13. The molecular weight excluding hydrogens is 430 g/mol. The van der Waals surface area contributed by atoms with Gasteiger partial charge in [-0.2, -0.15) is 0 Å². The van der Waals surface area contributed by atoms with Crippen LogP contribution < -0.4 is 0 Å². The van der Waals surface area contributed by atoms with Crippen molar-refractivity contribution in [2.45, 2.75) is 63.1 Å². The van der Waals surface area contributed by atoms with Gasteiger partial charge in [0, 0.05) is 20.3 Å². The van der Waals surface area contributed by atoms with Crippen molar-refractivity contribution < 1.29 is 13.3 Å². The van der Waals surface area contributed by atoms with E-state index in [4.69, 9.17) is 13.3 Å². The average Bonchev–Trinajstić information content (AvgIpc) is 3.27. The van der Waals surface area contributed by atoms with Crippen molar-refractivity contribution in [3.63, 3.8) is 0 Å². The van der Waals surface area contributed by atoms with Gasteiger partial charge in [0.05, 0.1) is 6.10 Å². The minimum absolute atomic E-state index is 0.0875. The van der Waals surface area contributed by atoms with Gasteiger partial charge in [-0.25, -0.2) is 0 Å². The summed E-state index contributed by atoms with van der Waals surface area (Å²) in [4.78, 5) is 0. The Morgan fingerprint density at radius 3 is 1.97 bits per heavy atom. The molecule has 0 amide bonds. The predicted molar refractivity (Wildman–Crippen MR) is 138 cm³/mol. The van der Waals surface area contributed by atoms with Crippen molar-refractivity contribution >= 4 is 18.5 Å². The van der Waals surface area contributed by atoms with E-state index in [1.54, 1.807) is 0 Å². The lowest BCUT2D eigenvalue weighted by Gasteiger charge is -2.31. The van der Waals surface area contributed by atoms with Crippen molar-refractivity contribution in [3.8, 4) is 0 Å². The van der Waals surface area contributed by atoms with Gasteiger partial charge in [0.15, 0.2) is 9.76 Å². The molecule has 0 spiro atoms. The molecule has 176 valence electrons. The van der Waals surface area contributed by atoms with Crippen LogP contribution in [0.2, 0.25) is 12.1 Å². The van der Waals surface area contributed by atoms with Crippen LogP contribution >= 0.6 is 0 Å². The summed E-state index contributed by atoms with van der Waals surface area (Å²) in [6.07, 6.45) is 9.18. The van der Waals surface area contributed by atoms with Crippen molar-refractivity contribution in [1.29, 1.82) is 0 Å². The molecule has 3 rings (SSSR count). The minimum Gasteiger partial charge on any atom is -0.413 e. The molecule has 4 nitrogen and oxygen atoms in total. The van der Waals surface area contributed by atoms with E-state index in [0.29, 0.717) is 0 Å². The molecule has 0 unspecified atom stereocenters. The topological polar surface area (TPSA) is 30.9 Å². The van der Waals surface area contributed by atoms with Crippen LogP contribution in [0.25, 0.3) is 0 Å². The van der Waals surface area contributed by atoms with Gasteiger partial charge in [-0.3, -0.25) is 4.57 Å². The van der Waals surface area contributed by atoms with E-state index in [-0.39, 0.29) is 6.10 Å². The third-order valence-electron chi connectivity index (χ3n) is 6.60. The molecule has 0 saturated carbocycles. The van der Waals surface area contributed by atoms with E-state index in [2.05, 4.69) is 65.2 Å². The lowest BCUT2D eigenvalue weighted by molar-refractivity contribution is 0.181. The van der Waals surface area contributed by atoms with Gasteiger partial charge in [-0.05, 0) is 43.1 Å². The number of rotatable bonds is 15. The maximum atomic E-state index is 6.47. The first-order chi connectivity index (χ1) is 15.8. The number of unbranched alkanes of at least 4 members (excludes halogenated alkanes) is 5. The molecule has 1 heterocycles. The highest BCUT2D eigenvalue weighted by molar-refractivity contribution is 6.65. The van der Waals surface area contributed by atoms with Gasteiger partial charge in [-0.15, -0.1) is 0 Å². The van der Waals surface area contributed by atoms with Gasteiger partial charge in [0.2, 0.25) is 0 Å². The third kappa shape index (κ3) is 7.37. The second kappa shape index (κ2) is 14.1. The molecule has 1 fully saturated rings. The van der Waals surface area contributed by atoms with Crippen LogP contribution in [0.1, 0.15) is 62.2 Å². The summed E-state index contributed by atoms with van der Waals surface area (Å²) in [5.41, 5.74) is 2.52. The fourth-order valence-electron chi connectivity index (χ4n) is 4.78. The van der Waals surface area contributed by atoms with E-state index in [9.17, 15) is 0 Å². The molecule has 0 atom stereocenters. The van der Waals surface area contributed by atoms with Crippen LogP contribution in [-0.2, 0) is 13.3 Å². The molecule has 0 bridgehead atoms. The largest absolute Gasteiger partial charge is 0.427 e. The highest BCUT2D eigenvalue weighted by Crippen LogP contribution is 2.28. The van der Waals surface area contributed by atoms with Crippen LogP contribution in [0.15, 0.2) is 60.7 Å². The zero-order valence-electron chi connectivity index (χ0n) is 20.0. The van der Waals surface area contributed by atoms with E-state index in [1.807, 2.05) is 14.2 Å². The Balaban J connectivity index is 1.27. The van der Waals surface area contributed by atoms with Gasteiger partial charge in [0.25, 0.3) is 0 Å². The molecule has 0 aliphatic carbocycles. The Bertz CT molecular complexity index is 704. The molecule has 32 heavy (non-hydrogen) atoms. The molecule has 1 aliphatic heterocycles. The SMILES string of the molecule is CO[Si]1(OC)CCCN1CCCCCCCC[SiH2]OC(c1ccccc1)c1ccccc1. The Labute approximate surface area is 198 Å². The van der Waals surface area contributed by atoms with Crippen molar-refractivity contribution in [1.82, 2.24) is 4.57 Å². The van der Waals surface area contributed by atoms with Crippen molar-refractivity contribution in [2.24, 2.45) is 0 Å². The molecule has 2 aromatic carbocycles. The van der Waals surface area contributed by atoms with Gasteiger partial charge in [-0.1, -0.05) is 92.8 Å². The third-order valence-corrected chi connectivity index (χ3v) is 11.6.